The van der Waals surface area contributed by atoms with E-state index in [1.54, 1.807) is 6.07 Å². The standard InChI is InChI=1S/C10H16ClN3O2/c1-10(2,3)7-6-8(14-16-7)13-9(15)12-5-4-11/h6H,4-5H2,1-3H3,(H2,12,13,14,15). The molecular formula is C10H16ClN3O2. The summed E-state index contributed by atoms with van der Waals surface area (Å²) in [4.78, 5) is 11.3. The summed E-state index contributed by atoms with van der Waals surface area (Å²) in [7, 11) is 0. The van der Waals surface area contributed by atoms with Crippen molar-refractivity contribution in [3.63, 3.8) is 0 Å². The van der Waals surface area contributed by atoms with Gasteiger partial charge in [0.15, 0.2) is 5.82 Å². The Bertz CT molecular complexity index is 357. The number of hydrogen-bond donors (Lipinski definition) is 2. The minimum Gasteiger partial charge on any atom is -0.359 e. The van der Waals surface area contributed by atoms with Gasteiger partial charge >= 0.3 is 6.03 Å². The zero-order valence-electron chi connectivity index (χ0n) is 9.63. The van der Waals surface area contributed by atoms with Gasteiger partial charge in [-0.05, 0) is 0 Å². The van der Waals surface area contributed by atoms with E-state index in [-0.39, 0.29) is 11.4 Å². The lowest BCUT2D eigenvalue weighted by molar-refractivity contribution is 0.252. The Morgan fingerprint density at radius 1 is 1.56 bits per heavy atom. The van der Waals surface area contributed by atoms with E-state index in [1.807, 2.05) is 20.8 Å². The molecule has 1 rings (SSSR count). The molecule has 16 heavy (non-hydrogen) atoms. The Labute approximate surface area is 99.5 Å². The van der Waals surface area contributed by atoms with Gasteiger partial charge in [-0.1, -0.05) is 25.9 Å². The molecule has 0 aliphatic rings. The van der Waals surface area contributed by atoms with Crippen molar-refractivity contribution in [1.29, 1.82) is 0 Å². The summed E-state index contributed by atoms with van der Waals surface area (Å²) < 4.78 is 5.12. The molecule has 1 heterocycles. The number of carbonyl (C=O) groups is 1. The van der Waals surface area contributed by atoms with E-state index < -0.39 is 0 Å². The van der Waals surface area contributed by atoms with Gasteiger partial charge in [0.25, 0.3) is 0 Å². The molecule has 2 amide bonds. The molecule has 0 saturated carbocycles. The monoisotopic (exact) mass is 245 g/mol. The summed E-state index contributed by atoms with van der Waals surface area (Å²) in [6, 6.07) is 1.37. The maximum Gasteiger partial charge on any atom is 0.320 e. The molecule has 6 heteroatoms. The lowest BCUT2D eigenvalue weighted by atomic mass is 9.93. The maximum absolute atomic E-state index is 11.3. The van der Waals surface area contributed by atoms with E-state index in [0.717, 1.165) is 5.76 Å². The molecule has 90 valence electrons. The van der Waals surface area contributed by atoms with Gasteiger partial charge in [0.2, 0.25) is 0 Å². The highest BCUT2D eigenvalue weighted by molar-refractivity contribution is 6.18. The van der Waals surface area contributed by atoms with Crippen LogP contribution < -0.4 is 10.6 Å². The van der Waals surface area contributed by atoms with Crippen molar-refractivity contribution in [3.8, 4) is 0 Å². The number of nitrogens with one attached hydrogen (secondary N) is 2. The number of amides is 2. The summed E-state index contributed by atoms with van der Waals surface area (Å²) in [5, 5.41) is 8.87. The van der Waals surface area contributed by atoms with Crippen LogP contribution in [0, 0.1) is 0 Å². The van der Waals surface area contributed by atoms with E-state index in [0.29, 0.717) is 18.2 Å². The van der Waals surface area contributed by atoms with Crippen molar-refractivity contribution in [2.45, 2.75) is 26.2 Å². The molecule has 0 fully saturated rings. The van der Waals surface area contributed by atoms with Crippen molar-refractivity contribution in [1.82, 2.24) is 10.5 Å². The molecule has 0 unspecified atom stereocenters. The minimum absolute atomic E-state index is 0.125. The van der Waals surface area contributed by atoms with Crippen molar-refractivity contribution in [2.24, 2.45) is 0 Å². The summed E-state index contributed by atoms with van der Waals surface area (Å²) in [5.74, 6) is 1.50. The van der Waals surface area contributed by atoms with Crippen LogP contribution in [0.5, 0.6) is 0 Å². The van der Waals surface area contributed by atoms with Crippen LogP contribution in [-0.4, -0.2) is 23.6 Å². The first-order valence-corrected chi connectivity index (χ1v) is 5.55. The molecule has 0 aromatic carbocycles. The number of aromatic nitrogens is 1. The van der Waals surface area contributed by atoms with Gasteiger partial charge in [0.05, 0.1) is 0 Å². The highest BCUT2D eigenvalue weighted by atomic mass is 35.5. The van der Waals surface area contributed by atoms with Crippen molar-refractivity contribution in [3.05, 3.63) is 11.8 Å². The van der Waals surface area contributed by atoms with Gasteiger partial charge in [-0.15, -0.1) is 11.6 Å². The number of hydrogen-bond acceptors (Lipinski definition) is 3. The fourth-order valence-electron chi connectivity index (χ4n) is 1.01. The third-order valence-corrected chi connectivity index (χ3v) is 2.06. The Morgan fingerprint density at radius 2 is 2.25 bits per heavy atom. The highest BCUT2D eigenvalue weighted by Crippen LogP contribution is 2.24. The van der Waals surface area contributed by atoms with Crippen LogP contribution in [0.3, 0.4) is 0 Å². The first-order valence-electron chi connectivity index (χ1n) is 5.01. The molecule has 1 aromatic rings. The molecule has 5 nitrogen and oxygen atoms in total. The molecule has 0 aliphatic heterocycles. The average molecular weight is 246 g/mol. The summed E-state index contributed by atoms with van der Waals surface area (Å²) >= 11 is 5.44. The van der Waals surface area contributed by atoms with Crippen LogP contribution in [0.15, 0.2) is 10.6 Å². The fraction of sp³-hybridized carbons (Fsp3) is 0.600. The van der Waals surface area contributed by atoms with E-state index in [2.05, 4.69) is 15.8 Å². The molecule has 0 bridgehead atoms. The quantitative estimate of drug-likeness (QED) is 0.804. The van der Waals surface area contributed by atoms with Crippen LogP contribution in [-0.2, 0) is 5.41 Å². The predicted molar refractivity (Wildman–Crippen MR) is 62.9 cm³/mol. The van der Waals surface area contributed by atoms with Gasteiger partial charge in [0.1, 0.15) is 5.76 Å². The predicted octanol–water partition coefficient (Wildman–Crippen LogP) is 2.33. The Morgan fingerprint density at radius 3 is 2.75 bits per heavy atom. The summed E-state index contributed by atoms with van der Waals surface area (Å²) in [6.07, 6.45) is 0. The number of nitrogens with zero attached hydrogens (tertiary/aromatic N) is 1. The molecule has 2 N–H and O–H groups in total. The lowest BCUT2D eigenvalue weighted by Crippen LogP contribution is -2.30. The lowest BCUT2D eigenvalue weighted by Gasteiger charge is -2.12. The molecule has 0 atom stereocenters. The van der Waals surface area contributed by atoms with Crippen molar-refractivity contribution in [2.75, 3.05) is 17.7 Å². The van der Waals surface area contributed by atoms with Gasteiger partial charge < -0.3 is 9.84 Å². The topological polar surface area (TPSA) is 67.2 Å². The summed E-state index contributed by atoms with van der Waals surface area (Å²) in [5.41, 5.74) is -0.125. The van der Waals surface area contributed by atoms with E-state index in [9.17, 15) is 4.79 Å². The molecule has 1 aromatic heterocycles. The van der Waals surface area contributed by atoms with Crippen LogP contribution in [0.4, 0.5) is 10.6 Å². The third-order valence-electron chi connectivity index (χ3n) is 1.87. The number of urea groups is 1. The zero-order valence-corrected chi connectivity index (χ0v) is 10.4. The number of halogens is 1. The molecule has 0 spiro atoms. The molecule has 0 aliphatic carbocycles. The first kappa shape index (κ1) is 12.8. The maximum atomic E-state index is 11.3. The third kappa shape index (κ3) is 3.73. The smallest absolute Gasteiger partial charge is 0.320 e. The van der Waals surface area contributed by atoms with Crippen molar-refractivity contribution >= 4 is 23.4 Å². The highest BCUT2D eigenvalue weighted by Gasteiger charge is 2.20. The van der Waals surface area contributed by atoms with Crippen LogP contribution >= 0.6 is 11.6 Å². The number of alkyl halides is 1. The number of carbonyl (C=O) groups excluding carboxylic acids is 1. The van der Waals surface area contributed by atoms with E-state index in [1.165, 1.54) is 0 Å². The van der Waals surface area contributed by atoms with Gasteiger partial charge in [0, 0.05) is 23.9 Å². The van der Waals surface area contributed by atoms with E-state index >= 15 is 0 Å². The van der Waals surface area contributed by atoms with Gasteiger partial charge in [-0.25, -0.2) is 4.79 Å². The number of anilines is 1. The number of rotatable bonds is 3. The second-order valence-electron chi connectivity index (χ2n) is 4.40. The van der Waals surface area contributed by atoms with Crippen molar-refractivity contribution < 1.29 is 9.32 Å². The SMILES string of the molecule is CC(C)(C)c1cc(NC(=O)NCCCl)no1. The second-order valence-corrected chi connectivity index (χ2v) is 4.77. The van der Waals surface area contributed by atoms with Crippen LogP contribution in [0.2, 0.25) is 0 Å². The van der Waals surface area contributed by atoms with Gasteiger partial charge in [-0.3, -0.25) is 5.32 Å². The van der Waals surface area contributed by atoms with Crippen LogP contribution in [0.1, 0.15) is 26.5 Å². The molecule has 0 radical (unpaired) electrons. The minimum atomic E-state index is -0.339. The summed E-state index contributed by atoms with van der Waals surface area (Å²) in [6.45, 7) is 6.43. The molecule has 0 saturated heterocycles. The normalized spacial score (nSPS) is 11.2. The zero-order chi connectivity index (χ0) is 12.2. The van der Waals surface area contributed by atoms with Crippen LogP contribution in [0.25, 0.3) is 0 Å². The molecular weight excluding hydrogens is 230 g/mol. The Kier molecular flexibility index (Phi) is 4.18. The second kappa shape index (κ2) is 5.21. The average Bonchev–Trinajstić information content (AvgIpc) is 2.62. The largest absolute Gasteiger partial charge is 0.359 e. The van der Waals surface area contributed by atoms with E-state index in [4.69, 9.17) is 16.1 Å². The fourth-order valence-corrected chi connectivity index (χ4v) is 1.10. The van der Waals surface area contributed by atoms with Gasteiger partial charge in [-0.2, -0.15) is 0 Å². The first-order chi connectivity index (χ1) is 7.43. The Hall–Kier alpha value is -1.23. The Balaban J connectivity index is 2.56.